The van der Waals surface area contributed by atoms with Gasteiger partial charge in [-0.15, -0.1) is 0 Å². The molecule has 0 radical (unpaired) electrons. The first-order valence-electron chi connectivity index (χ1n) is 7.65. The zero-order valence-electron chi connectivity index (χ0n) is 13.5. The number of nitrogens with two attached hydrogens (primary N) is 1. The van der Waals surface area contributed by atoms with Gasteiger partial charge in [-0.2, -0.15) is 13.2 Å². The van der Waals surface area contributed by atoms with E-state index in [1.54, 1.807) is 0 Å². The molecule has 1 fully saturated rings. The van der Waals surface area contributed by atoms with E-state index in [2.05, 4.69) is 16.4 Å². The number of halogens is 3. The number of anilines is 1. The molecule has 1 atom stereocenters. The maximum atomic E-state index is 12.4. The average molecular weight is 328 g/mol. The van der Waals surface area contributed by atoms with Crippen LogP contribution in [-0.4, -0.2) is 43.2 Å². The molecule has 4 nitrogen and oxygen atoms in total. The van der Waals surface area contributed by atoms with E-state index in [1.807, 2.05) is 26.0 Å². The second-order valence-corrected chi connectivity index (χ2v) is 6.23. The summed E-state index contributed by atoms with van der Waals surface area (Å²) in [6.45, 7) is 4.48. The van der Waals surface area contributed by atoms with Crippen molar-refractivity contribution < 1.29 is 13.2 Å². The van der Waals surface area contributed by atoms with Crippen LogP contribution < -0.4 is 11.1 Å². The molecule has 0 aromatic heterocycles. The first-order chi connectivity index (χ1) is 10.7. The predicted octanol–water partition coefficient (Wildman–Crippen LogP) is 2.91. The van der Waals surface area contributed by atoms with Crippen molar-refractivity contribution in [1.29, 1.82) is 0 Å². The van der Waals surface area contributed by atoms with E-state index in [0.29, 0.717) is 25.6 Å². The third kappa shape index (κ3) is 6.09. The van der Waals surface area contributed by atoms with E-state index >= 15 is 0 Å². The molecule has 0 spiro atoms. The highest BCUT2D eigenvalue weighted by molar-refractivity contribution is 5.92. The second kappa shape index (κ2) is 7.21. The molecule has 23 heavy (non-hydrogen) atoms. The molecular weight excluding hydrogens is 305 g/mol. The van der Waals surface area contributed by atoms with Gasteiger partial charge in [-0.05, 0) is 56.0 Å². The molecule has 1 unspecified atom stereocenters. The number of likely N-dealkylation sites (tertiary alicyclic amines) is 1. The smallest absolute Gasteiger partial charge is 0.370 e. The van der Waals surface area contributed by atoms with Gasteiger partial charge < -0.3 is 11.1 Å². The van der Waals surface area contributed by atoms with Crippen molar-refractivity contribution in [3.8, 4) is 0 Å². The number of nitrogens with one attached hydrogen (secondary N) is 1. The van der Waals surface area contributed by atoms with Gasteiger partial charge in [0.15, 0.2) is 5.96 Å². The molecule has 0 aliphatic carbocycles. The number of guanidine groups is 1. The highest BCUT2D eigenvalue weighted by Gasteiger charge is 2.34. The van der Waals surface area contributed by atoms with Crippen LogP contribution in [0.2, 0.25) is 0 Å². The van der Waals surface area contributed by atoms with Crippen molar-refractivity contribution >= 4 is 11.6 Å². The minimum absolute atomic E-state index is 0.122. The van der Waals surface area contributed by atoms with Gasteiger partial charge in [-0.3, -0.25) is 9.89 Å². The lowest BCUT2D eigenvalue weighted by Crippen LogP contribution is -2.32. The molecule has 128 valence electrons. The summed E-state index contributed by atoms with van der Waals surface area (Å²) in [4.78, 5) is 5.69. The largest absolute Gasteiger partial charge is 0.401 e. The Kier molecular flexibility index (Phi) is 5.51. The molecule has 1 heterocycles. The van der Waals surface area contributed by atoms with E-state index in [-0.39, 0.29) is 5.92 Å². The van der Waals surface area contributed by atoms with Crippen LogP contribution in [0, 0.1) is 19.8 Å². The average Bonchev–Trinajstić information content (AvgIpc) is 2.80. The van der Waals surface area contributed by atoms with Crippen molar-refractivity contribution in [3.05, 3.63) is 29.3 Å². The van der Waals surface area contributed by atoms with E-state index in [4.69, 9.17) is 5.73 Å². The van der Waals surface area contributed by atoms with Gasteiger partial charge in [0.2, 0.25) is 0 Å². The maximum Gasteiger partial charge on any atom is 0.401 e. The Morgan fingerprint density at radius 2 is 1.96 bits per heavy atom. The summed E-state index contributed by atoms with van der Waals surface area (Å²) < 4.78 is 37.1. The Labute approximate surface area is 134 Å². The molecule has 7 heteroatoms. The summed E-state index contributed by atoms with van der Waals surface area (Å²) in [5.41, 5.74) is 8.98. The van der Waals surface area contributed by atoms with Gasteiger partial charge >= 0.3 is 6.18 Å². The van der Waals surface area contributed by atoms with E-state index < -0.39 is 12.7 Å². The molecule has 1 aliphatic rings. The summed E-state index contributed by atoms with van der Waals surface area (Å²) >= 11 is 0. The van der Waals surface area contributed by atoms with Gasteiger partial charge in [-0.25, -0.2) is 0 Å². The summed E-state index contributed by atoms with van der Waals surface area (Å²) in [5.74, 6) is 0.418. The quantitative estimate of drug-likeness (QED) is 0.660. The van der Waals surface area contributed by atoms with Crippen LogP contribution in [0.25, 0.3) is 0 Å². The van der Waals surface area contributed by atoms with Crippen molar-refractivity contribution in [1.82, 2.24) is 4.90 Å². The number of rotatable bonds is 4. The van der Waals surface area contributed by atoms with Crippen LogP contribution in [0.4, 0.5) is 18.9 Å². The van der Waals surface area contributed by atoms with Crippen molar-refractivity contribution in [2.45, 2.75) is 26.4 Å². The fourth-order valence-corrected chi connectivity index (χ4v) is 2.92. The highest BCUT2D eigenvalue weighted by Crippen LogP contribution is 2.23. The van der Waals surface area contributed by atoms with Gasteiger partial charge in [0.25, 0.3) is 0 Å². The van der Waals surface area contributed by atoms with Crippen LogP contribution in [-0.2, 0) is 0 Å². The Balaban J connectivity index is 1.83. The van der Waals surface area contributed by atoms with E-state index in [9.17, 15) is 13.2 Å². The summed E-state index contributed by atoms with van der Waals surface area (Å²) in [7, 11) is 0. The first-order valence-corrected chi connectivity index (χ1v) is 7.65. The Morgan fingerprint density at radius 1 is 1.30 bits per heavy atom. The van der Waals surface area contributed by atoms with Crippen molar-refractivity contribution in [2.24, 2.45) is 16.6 Å². The molecule has 1 aromatic carbocycles. The molecule has 3 N–H and O–H groups in total. The molecule has 2 rings (SSSR count). The fraction of sp³-hybridized carbons (Fsp3) is 0.562. The fourth-order valence-electron chi connectivity index (χ4n) is 2.92. The summed E-state index contributed by atoms with van der Waals surface area (Å²) in [6, 6.07) is 6.00. The third-order valence-electron chi connectivity index (χ3n) is 3.79. The monoisotopic (exact) mass is 328 g/mol. The van der Waals surface area contributed by atoms with Gasteiger partial charge in [0, 0.05) is 18.8 Å². The van der Waals surface area contributed by atoms with Crippen LogP contribution in [0.1, 0.15) is 17.5 Å². The highest BCUT2D eigenvalue weighted by atomic mass is 19.4. The number of benzene rings is 1. The zero-order chi connectivity index (χ0) is 17.0. The van der Waals surface area contributed by atoms with Crippen LogP contribution >= 0.6 is 0 Å². The maximum absolute atomic E-state index is 12.4. The number of hydrogen-bond donors (Lipinski definition) is 2. The van der Waals surface area contributed by atoms with Gasteiger partial charge in [0.05, 0.1) is 6.54 Å². The number of aryl methyl sites for hydroxylation is 2. The van der Waals surface area contributed by atoms with Crippen LogP contribution in [0.3, 0.4) is 0 Å². The third-order valence-corrected chi connectivity index (χ3v) is 3.79. The SMILES string of the molecule is Cc1cc(C)cc(NC(N)=NCC2CCN(CC(F)(F)F)C2)c1. The lowest BCUT2D eigenvalue weighted by atomic mass is 10.1. The number of alkyl halides is 3. The Morgan fingerprint density at radius 3 is 2.57 bits per heavy atom. The molecule has 1 aliphatic heterocycles. The molecule has 0 saturated carbocycles. The van der Waals surface area contributed by atoms with Gasteiger partial charge in [0.1, 0.15) is 0 Å². The molecular formula is C16H23F3N4. The minimum atomic E-state index is -4.14. The zero-order valence-corrected chi connectivity index (χ0v) is 13.5. The van der Waals surface area contributed by atoms with Crippen molar-refractivity contribution in [2.75, 3.05) is 31.5 Å². The Hall–Kier alpha value is -1.76. The number of aliphatic imine (C=N–C) groups is 1. The normalized spacial score (nSPS) is 20.0. The molecule has 0 bridgehead atoms. The number of hydrogen-bond acceptors (Lipinski definition) is 2. The van der Waals surface area contributed by atoms with Gasteiger partial charge in [-0.1, -0.05) is 6.07 Å². The first kappa shape index (κ1) is 17.6. The second-order valence-electron chi connectivity index (χ2n) is 6.23. The molecule has 1 aromatic rings. The standard InChI is InChI=1S/C16H23F3N4/c1-11-5-12(2)7-14(6-11)22-15(20)21-8-13-3-4-23(9-13)10-16(17,18)19/h5-7,13H,3-4,8-10H2,1-2H3,(H3,20,21,22). The van der Waals surface area contributed by atoms with Crippen molar-refractivity contribution in [3.63, 3.8) is 0 Å². The van der Waals surface area contributed by atoms with E-state index in [0.717, 1.165) is 23.2 Å². The molecule has 1 saturated heterocycles. The summed E-state index contributed by atoms with van der Waals surface area (Å²) in [5, 5.41) is 3.03. The Bertz CT molecular complexity index is 549. The summed E-state index contributed by atoms with van der Waals surface area (Å²) in [6.07, 6.45) is -3.42. The molecule has 0 amide bonds. The predicted molar refractivity (Wildman–Crippen MR) is 86.6 cm³/mol. The van der Waals surface area contributed by atoms with E-state index in [1.165, 1.54) is 4.90 Å². The van der Waals surface area contributed by atoms with Crippen LogP contribution in [0.15, 0.2) is 23.2 Å². The topological polar surface area (TPSA) is 53.6 Å². The lowest BCUT2D eigenvalue weighted by molar-refractivity contribution is -0.143. The lowest BCUT2D eigenvalue weighted by Gasteiger charge is -2.17. The minimum Gasteiger partial charge on any atom is -0.370 e. The number of nitrogens with zero attached hydrogens (tertiary/aromatic N) is 2. The van der Waals surface area contributed by atoms with Crippen LogP contribution in [0.5, 0.6) is 0 Å².